The van der Waals surface area contributed by atoms with E-state index in [1.54, 1.807) is 12.1 Å². The maximum Gasteiger partial charge on any atom is 0.217 e. The fourth-order valence-electron chi connectivity index (χ4n) is 6.67. The van der Waals surface area contributed by atoms with Gasteiger partial charge in [-0.15, -0.1) is 0 Å². The summed E-state index contributed by atoms with van der Waals surface area (Å²) < 4.78 is 0.767. The number of benzene rings is 3. The van der Waals surface area contributed by atoms with Gasteiger partial charge in [0.1, 0.15) is 11.1 Å². The number of primary amides is 1. The molecule has 196 valence electrons. The van der Waals surface area contributed by atoms with Crippen molar-refractivity contribution in [2.75, 3.05) is 13.1 Å². The van der Waals surface area contributed by atoms with Crippen molar-refractivity contribution >= 4 is 29.1 Å². The lowest BCUT2D eigenvalue weighted by Crippen LogP contribution is -2.70. The molecule has 1 fully saturated rings. The molecule has 0 aromatic heterocycles. The van der Waals surface area contributed by atoms with Crippen LogP contribution in [0.5, 0.6) is 0 Å². The Balaban J connectivity index is 1.85. The van der Waals surface area contributed by atoms with E-state index in [0.717, 1.165) is 29.6 Å². The summed E-state index contributed by atoms with van der Waals surface area (Å²) in [5.41, 5.74) is 7.38. The van der Waals surface area contributed by atoms with Crippen LogP contribution in [0.1, 0.15) is 62.6 Å². The first-order valence-electron chi connectivity index (χ1n) is 13.1. The second-order valence-electron chi connectivity index (χ2n) is 10.5. The van der Waals surface area contributed by atoms with E-state index in [0.29, 0.717) is 35.7 Å². The third-order valence-electron chi connectivity index (χ3n) is 8.74. The maximum absolute atomic E-state index is 12.1. The molecule has 0 radical (unpaired) electrons. The summed E-state index contributed by atoms with van der Waals surface area (Å²) in [5.74, 6) is -0.293. The topological polar surface area (TPSA) is 63.3 Å². The van der Waals surface area contributed by atoms with Crippen LogP contribution >= 0.6 is 23.2 Å². The molecule has 3 N–H and O–H groups in total. The zero-order chi connectivity index (χ0) is 26.7. The highest BCUT2D eigenvalue weighted by Gasteiger charge is 2.58. The summed E-state index contributed by atoms with van der Waals surface area (Å²) in [6.07, 6.45) is 2.92. The van der Waals surface area contributed by atoms with E-state index in [1.807, 2.05) is 6.07 Å². The third kappa shape index (κ3) is 5.18. The first kappa shape index (κ1) is 27.7. The molecule has 1 amide bonds. The van der Waals surface area contributed by atoms with Gasteiger partial charge in [-0.2, -0.15) is 0 Å². The Labute approximate surface area is 230 Å². The second kappa shape index (κ2) is 11.2. The molecular formula is C31H37Cl2N2O2+. The lowest BCUT2D eigenvalue weighted by atomic mass is 9.71. The van der Waals surface area contributed by atoms with Crippen LogP contribution in [0.4, 0.5) is 0 Å². The van der Waals surface area contributed by atoms with E-state index >= 15 is 0 Å². The predicted octanol–water partition coefficient (Wildman–Crippen LogP) is 6.80. The van der Waals surface area contributed by atoms with Crippen LogP contribution in [0.3, 0.4) is 0 Å². The minimum absolute atomic E-state index is 0.0722. The van der Waals surface area contributed by atoms with Crippen LogP contribution in [0, 0.1) is 0 Å². The SMILES string of the molecule is CC[N+]1(C(C)(c2ccccc2)c2ccccc2)CCC(O)(c2ccc(Cl)c(Cl)c2)CC1CCCC(N)=O. The van der Waals surface area contributed by atoms with Crippen molar-refractivity contribution in [1.29, 1.82) is 0 Å². The number of carbonyl (C=O) groups excluding carboxylic acids is 1. The number of hydrogen-bond donors (Lipinski definition) is 2. The number of likely N-dealkylation sites (tertiary alicyclic amines) is 1. The highest BCUT2D eigenvalue weighted by Crippen LogP contribution is 2.51. The zero-order valence-electron chi connectivity index (χ0n) is 21.7. The summed E-state index contributed by atoms with van der Waals surface area (Å²) in [7, 11) is 0. The van der Waals surface area contributed by atoms with Gasteiger partial charge in [-0.25, -0.2) is 0 Å². The van der Waals surface area contributed by atoms with Crippen LogP contribution in [0.2, 0.25) is 10.0 Å². The Morgan fingerprint density at radius 1 is 1.03 bits per heavy atom. The fraction of sp³-hybridized carbons (Fsp3) is 0.387. The number of carbonyl (C=O) groups is 1. The van der Waals surface area contributed by atoms with Crippen LogP contribution in [0.15, 0.2) is 78.9 Å². The summed E-state index contributed by atoms with van der Waals surface area (Å²) in [6, 6.07) is 26.8. The maximum atomic E-state index is 12.1. The van der Waals surface area contributed by atoms with E-state index in [9.17, 15) is 9.90 Å². The van der Waals surface area contributed by atoms with Crippen molar-refractivity contribution in [2.24, 2.45) is 5.73 Å². The van der Waals surface area contributed by atoms with Crippen molar-refractivity contribution in [3.63, 3.8) is 0 Å². The van der Waals surface area contributed by atoms with Crippen LogP contribution in [-0.4, -0.2) is 34.6 Å². The molecule has 4 rings (SSSR count). The molecule has 0 bridgehead atoms. The predicted molar refractivity (Wildman–Crippen MR) is 151 cm³/mol. The molecule has 3 atom stereocenters. The van der Waals surface area contributed by atoms with Gasteiger partial charge in [0.25, 0.3) is 0 Å². The summed E-state index contributed by atoms with van der Waals surface area (Å²) >= 11 is 12.6. The average Bonchev–Trinajstić information content (AvgIpc) is 2.91. The first-order chi connectivity index (χ1) is 17.7. The first-order valence-corrected chi connectivity index (χ1v) is 13.9. The van der Waals surface area contributed by atoms with Crippen LogP contribution in [-0.2, 0) is 15.9 Å². The van der Waals surface area contributed by atoms with E-state index in [4.69, 9.17) is 28.9 Å². The molecule has 6 heteroatoms. The molecule has 4 nitrogen and oxygen atoms in total. The molecule has 0 aliphatic carbocycles. The normalized spacial score (nSPS) is 24.1. The van der Waals surface area contributed by atoms with Crippen LogP contribution in [0.25, 0.3) is 0 Å². The minimum atomic E-state index is -1.04. The number of nitrogens with zero attached hydrogens (tertiary/aromatic N) is 1. The van der Waals surface area contributed by atoms with Crippen molar-refractivity contribution in [1.82, 2.24) is 0 Å². The molecular weight excluding hydrogens is 503 g/mol. The molecule has 3 aromatic rings. The van der Waals surface area contributed by atoms with Crippen molar-refractivity contribution < 1.29 is 14.4 Å². The van der Waals surface area contributed by atoms with Gasteiger partial charge in [0, 0.05) is 36.8 Å². The van der Waals surface area contributed by atoms with Gasteiger partial charge in [-0.1, -0.05) is 89.9 Å². The molecule has 3 unspecified atom stereocenters. The van der Waals surface area contributed by atoms with E-state index in [-0.39, 0.29) is 17.5 Å². The lowest BCUT2D eigenvalue weighted by molar-refractivity contribution is -1.00. The number of quaternary nitrogens is 1. The number of hydrogen-bond acceptors (Lipinski definition) is 2. The average molecular weight is 541 g/mol. The quantitative estimate of drug-likeness (QED) is 0.293. The number of halogens is 2. The highest BCUT2D eigenvalue weighted by atomic mass is 35.5. The second-order valence-corrected chi connectivity index (χ2v) is 11.3. The van der Waals surface area contributed by atoms with Gasteiger partial charge in [-0.05, 0) is 38.0 Å². The van der Waals surface area contributed by atoms with Crippen LogP contribution < -0.4 is 5.73 Å². The van der Waals surface area contributed by atoms with E-state index < -0.39 is 5.60 Å². The van der Waals surface area contributed by atoms with Gasteiger partial charge in [0.05, 0.1) is 29.2 Å². The lowest BCUT2D eigenvalue weighted by Gasteiger charge is -2.60. The number of nitrogens with two attached hydrogens (primary N) is 1. The van der Waals surface area contributed by atoms with Gasteiger partial charge >= 0.3 is 0 Å². The standard InChI is InChI=1S/C31H36Cl2N2O2/c1-3-35(30(2,23-11-6-4-7-12-23)24-13-8-5-9-14-24)20-19-31(37,22-26(35)15-10-16-29(34)36)25-17-18-27(32)28(33)21-25/h4-9,11-14,17-18,21,26,37H,3,10,15-16,19-20,22H2,1-2H3,(H-,34,36)/p+1. The molecule has 0 saturated carbocycles. The molecule has 37 heavy (non-hydrogen) atoms. The summed E-state index contributed by atoms with van der Waals surface area (Å²) in [6.45, 7) is 6.22. The summed E-state index contributed by atoms with van der Waals surface area (Å²) in [5, 5.41) is 13.0. The molecule has 1 saturated heterocycles. The Kier molecular flexibility index (Phi) is 8.35. The highest BCUT2D eigenvalue weighted by molar-refractivity contribution is 6.42. The zero-order valence-corrected chi connectivity index (χ0v) is 23.2. The molecule has 1 heterocycles. The molecule has 0 spiro atoms. The summed E-state index contributed by atoms with van der Waals surface area (Å²) in [4.78, 5) is 11.7. The number of amides is 1. The fourth-order valence-corrected chi connectivity index (χ4v) is 6.97. The van der Waals surface area contributed by atoms with Gasteiger partial charge < -0.3 is 15.3 Å². The van der Waals surface area contributed by atoms with Gasteiger partial charge in [0.15, 0.2) is 0 Å². The Morgan fingerprint density at radius 3 is 2.14 bits per heavy atom. The number of aliphatic hydroxyl groups is 1. The Morgan fingerprint density at radius 2 is 1.62 bits per heavy atom. The number of rotatable bonds is 9. The van der Waals surface area contributed by atoms with E-state index in [2.05, 4.69) is 74.5 Å². The molecule has 1 aliphatic rings. The Hall–Kier alpha value is -2.37. The molecule has 1 aliphatic heterocycles. The monoisotopic (exact) mass is 539 g/mol. The van der Waals surface area contributed by atoms with Crippen molar-refractivity contribution in [3.05, 3.63) is 106 Å². The smallest absolute Gasteiger partial charge is 0.217 e. The van der Waals surface area contributed by atoms with E-state index in [1.165, 1.54) is 11.1 Å². The Bertz CT molecular complexity index is 1180. The molecule has 3 aromatic carbocycles. The van der Waals surface area contributed by atoms with Crippen molar-refractivity contribution in [2.45, 2.75) is 63.1 Å². The van der Waals surface area contributed by atoms with Crippen molar-refractivity contribution in [3.8, 4) is 0 Å². The van der Waals surface area contributed by atoms with Gasteiger partial charge in [0.2, 0.25) is 5.91 Å². The largest absolute Gasteiger partial charge is 0.385 e. The number of piperidine rings is 1. The third-order valence-corrected chi connectivity index (χ3v) is 9.48. The van der Waals surface area contributed by atoms with Gasteiger partial charge in [-0.3, -0.25) is 4.79 Å². The minimum Gasteiger partial charge on any atom is -0.385 e.